The Kier molecular flexibility index (Phi) is 7.46. The maximum Gasteiger partial charge on any atom is 0.227 e. The van der Waals surface area contributed by atoms with E-state index < -0.39 is 0 Å². The Labute approximate surface area is 181 Å². The number of amides is 1. The monoisotopic (exact) mass is 427 g/mol. The van der Waals surface area contributed by atoms with Crippen LogP contribution in [0.2, 0.25) is 5.02 Å². The zero-order valence-electron chi connectivity index (χ0n) is 17.5. The van der Waals surface area contributed by atoms with Gasteiger partial charge in [0, 0.05) is 25.5 Å². The van der Waals surface area contributed by atoms with Crippen LogP contribution in [0.3, 0.4) is 0 Å². The molecule has 0 aliphatic heterocycles. The van der Waals surface area contributed by atoms with Crippen LogP contribution < -0.4 is 4.74 Å². The normalized spacial score (nSPS) is 11.0. The van der Waals surface area contributed by atoms with Crippen molar-refractivity contribution in [3.63, 3.8) is 0 Å². The molecule has 0 aliphatic rings. The SMILES string of the molecule is CC(C)c1ccc(-c2noc(CCC(=O)N(C)CCOc3ccccc3Cl)n2)cc1. The van der Waals surface area contributed by atoms with E-state index in [1.165, 1.54) is 5.56 Å². The van der Waals surface area contributed by atoms with E-state index in [1.807, 2.05) is 24.3 Å². The lowest BCUT2D eigenvalue weighted by molar-refractivity contribution is -0.130. The van der Waals surface area contributed by atoms with Crippen LogP contribution in [-0.4, -0.2) is 41.1 Å². The van der Waals surface area contributed by atoms with E-state index in [2.05, 4.69) is 36.1 Å². The quantitative estimate of drug-likeness (QED) is 0.481. The number of likely N-dealkylation sites (N-methyl/N-ethyl adjacent to an activating group) is 1. The molecule has 7 heteroatoms. The first kappa shape index (κ1) is 21.8. The number of benzene rings is 2. The molecule has 6 nitrogen and oxygen atoms in total. The number of carbonyl (C=O) groups is 1. The second kappa shape index (κ2) is 10.3. The fraction of sp³-hybridized carbons (Fsp3) is 0.348. The highest BCUT2D eigenvalue weighted by Crippen LogP contribution is 2.23. The Morgan fingerprint density at radius 2 is 1.90 bits per heavy atom. The Balaban J connectivity index is 1.46. The predicted molar refractivity (Wildman–Crippen MR) is 117 cm³/mol. The maximum absolute atomic E-state index is 12.4. The molecule has 0 radical (unpaired) electrons. The van der Waals surface area contributed by atoms with Crippen molar-refractivity contribution in [2.45, 2.75) is 32.6 Å². The maximum atomic E-state index is 12.4. The molecule has 2 aromatic carbocycles. The smallest absolute Gasteiger partial charge is 0.227 e. The van der Waals surface area contributed by atoms with Crippen molar-refractivity contribution >= 4 is 17.5 Å². The Bertz CT molecular complexity index is 970. The van der Waals surface area contributed by atoms with Crippen LogP contribution in [0, 0.1) is 0 Å². The molecule has 0 unspecified atom stereocenters. The lowest BCUT2D eigenvalue weighted by Crippen LogP contribution is -2.31. The average molecular weight is 428 g/mol. The molecule has 1 heterocycles. The topological polar surface area (TPSA) is 68.5 Å². The lowest BCUT2D eigenvalue weighted by atomic mass is 10.0. The molecule has 158 valence electrons. The van der Waals surface area contributed by atoms with E-state index >= 15 is 0 Å². The third-order valence-electron chi connectivity index (χ3n) is 4.80. The van der Waals surface area contributed by atoms with Gasteiger partial charge >= 0.3 is 0 Å². The van der Waals surface area contributed by atoms with Crippen LogP contribution >= 0.6 is 11.6 Å². The van der Waals surface area contributed by atoms with Gasteiger partial charge in [0.1, 0.15) is 12.4 Å². The summed E-state index contributed by atoms with van der Waals surface area (Å²) in [5.74, 6) is 2.05. The van der Waals surface area contributed by atoms with E-state index in [1.54, 1.807) is 24.1 Å². The van der Waals surface area contributed by atoms with Gasteiger partial charge in [-0.15, -0.1) is 0 Å². The summed E-state index contributed by atoms with van der Waals surface area (Å²) in [5, 5.41) is 4.58. The first-order chi connectivity index (χ1) is 14.4. The fourth-order valence-corrected chi connectivity index (χ4v) is 3.06. The van der Waals surface area contributed by atoms with Gasteiger partial charge in [0.25, 0.3) is 0 Å². The summed E-state index contributed by atoms with van der Waals surface area (Å²) in [5.41, 5.74) is 2.16. The molecule has 1 amide bonds. The van der Waals surface area contributed by atoms with E-state index in [0.29, 0.717) is 48.0 Å². The highest BCUT2D eigenvalue weighted by Gasteiger charge is 2.14. The van der Waals surface area contributed by atoms with Crippen molar-refractivity contribution in [2.24, 2.45) is 0 Å². The molecule has 0 atom stereocenters. The zero-order chi connectivity index (χ0) is 21.5. The van der Waals surface area contributed by atoms with Crippen LogP contribution in [0.5, 0.6) is 5.75 Å². The third kappa shape index (κ3) is 5.83. The molecule has 0 bridgehead atoms. The minimum atomic E-state index is -0.0150. The van der Waals surface area contributed by atoms with Crippen LogP contribution in [-0.2, 0) is 11.2 Å². The predicted octanol–water partition coefficient (Wildman–Crippen LogP) is 4.98. The molecule has 1 aromatic heterocycles. The third-order valence-corrected chi connectivity index (χ3v) is 5.12. The Hall–Kier alpha value is -2.86. The van der Waals surface area contributed by atoms with Gasteiger partial charge in [0.15, 0.2) is 0 Å². The van der Waals surface area contributed by atoms with Crippen molar-refractivity contribution in [3.8, 4) is 17.1 Å². The van der Waals surface area contributed by atoms with Crippen LogP contribution in [0.15, 0.2) is 53.1 Å². The number of hydrogen-bond acceptors (Lipinski definition) is 5. The summed E-state index contributed by atoms with van der Waals surface area (Å²) in [6, 6.07) is 15.4. The second-order valence-corrected chi connectivity index (χ2v) is 7.79. The molecule has 0 saturated carbocycles. The van der Waals surface area contributed by atoms with Crippen molar-refractivity contribution in [1.29, 1.82) is 0 Å². The number of rotatable bonds is 9. The summed E-state index contributed by atoms with van der Waals surface area (Å²) < 4.78 is 10.9. The number of para-hydroxylation sites is 1. The van der Waals surface area contributed by atoms with Gasteiger partial charge in [0.2, 0.25) is 17.6 Å². The average Bonchev–Trinajstić information content (AvgIpc) is 3.22. The number of ether oxygens (including phenoxy) is 1. The zero-order valence-corrected chi connectivity index (χ0v) is 18.2. The largest absolute Gasteiger partial charge is 0.490 e. The van der Waals surface area contributed by atoms with Gasteiger partial charge in [-0.2, -0.15) is 4.98 Å². The minimum absolute atomic E-state index is 0.0150. The summed E-state index contributed by atoms with van der Waals surface area (Å²) in [4.78, 5) is 18.4. The number of hydrogen-bond donors (Lipinski definition) is 0. The first-order valence-electron chi connectivity index (χ1n) is 9.98. The van der Waals surface area contributed by atoms with Crippen LogP contribution in [0.4, 0.5) is 0 Å². The molecule has 0 spiro atoms. The van der Waals surface area contributed by atoms with Gasteiger partial charge < -0.3 is 14.2 Å². The first-order valence-corrected chi connectivity index (χ1v) is 10.4. The van der Waals surface area contributed by atoms with Gasteiger partial charge in [-0.1, -0.05) is 67.0 Å². The number of nitrogens with zero attached hydrogens (tertiary/aromatic N) is 3. The minimum Gasteiger partial charge on any atom is -0.490 e. The summed E-state index contributed by atoms with van der Waals surface area (Å²) >= 11 is 6.06. The van der Waals surface area contributed by atoms with Gasteiger partial charge in [-0.3, -0.25) is 4.79 Å². The standard InChI is InChI=1S/C23H26ClN3O3/c1-16(2)17-8-10-18(11-9-17)23-25-21(30-26-23)12-13-22(28)27(3)14-15-29-20-7-5-4-6-19(20)24/h4-11,16H,12-15H2,1-3H3. The Morgan fingerprint density at radius 3 is 2.60 bits per heavy atom. The number of halogens is 1. The number of carbonyl (C=O) groups excluding carboxylic acids is 1. The van der Waals surface area contributed by atoms with Crippen molar-refractivity contribution < 1.29 is 14.1 Å². The van der Waals surface area contributed by atoms with Crippen molar-refractivity contribution in [3.05, 3.63) is 65.0 Å². The molecule has 3 rings (SSSR count). The second-order valence-electron chi connectivity index (χ2n) is 7.38. The van der Waals surface area contributed by atoms with Gasteiger partial charge in [-0.05, 0) is 23.6 Å². The molecular formula is C23H26ClN3O3. The van der Waals surface area contributed by atoms with E-state index in [9.17, 15) is 4.79 Å². The molecule has 0 N–H and O–H groups in total. The molecule has 3 aromatic rings. The fourth-order valence-electron chi connectivity index (χ4n) is 2.87. The lowest BCUT2D eigenvalue weighted by Gasteiger charge is -2.17. The molecule has 0 saturated heterocycles. The highest BCUT2D eigenvalue weighted by molar-refractivity contribution is 6.32. The summed E-state index contributed by atoms with van der Waals surface area (Å²) in [7, 11) is 1.74. The Morgan fingerprint density at radius 1 is 1.17 bits per heavy atom. The summed E-state index contributed by atoms with van der Waals surface area (Å²) in [6.45, 7) is 5.13. The highest BCUT2D eigenvalue weighted by atomic mass is 35.5. The van der Waals surface area contributed by atoms with Crippen LogP contribution in [0.25, 0.3) is 11.4 Å². The van der Waals surface area contributed by atoms with E-state index in [0.717, 1.165) is 5.56 Å². The van der Waals surface area contributed by atoms with Gasteiger partial charge in [-0.25, -0.2) is 0 Å². The summed E-state index contributed by atoms with van der Waals surface area (Å²) in [6.07, 6.45) is 0.683. The molecule has 0 aliphatic carbocycles. The molecule has 30 heavy (non-hydrogen) atoms. The molecular weight excluding hydrogens is 402 g/mol. The number of aryl methyl sites for hydroxylation is 1. The van der Waals surface area contributed by atoms with E-state index in [4.69, 9.17) is 20.9 Å². The van der Waals surface area contributed by atoms with E-state index in [-0.39, 0.29) is 12.3 Å². The van der Waals surface area contributed by atoms with Crippen molar-refractivity contribution in [1.82, 2.24) is 15.0 Å². The molecule has 0 fully saturated rings. The number of aromatic nitrogens is 2. The van der Waals surface area contributed by atoms with Crippen LogP contribution in [0.1, 0.15) is 37.6 Å². The van der Waals surface area contributed by atoms with Gasteiger partial charge in [0.05, 0.1) is 11.6 Å². The van der Waals surface area contributed by atoms with Crippen molar-refractivity contribution in [2.75, 3.05) is 20.2 Å².